The molecule has 0 bridgehead atoms. The number of nitrogens with one attached hydrogen (secondary N) is 1. The lowest BCUT2D eigenvalue weighted by molar-refractivity contribution is 1.22. The van der Waals surface area contributed by atoms with Crippen molar-refractivity contribution >= 4 is 27.6 Å². The summed E-state index contributed by atoms with van der Waals surface area (Å²) in [7, 11) is 0. The van der Waals surface area contributed by atoms with Crippen LogP contribution >= 0.6 is 15.9 Å². The van der Waals surface area contributed by atoms with Gasteiger partial charge in [0.1, 0.15) is 0 Å². The summed E-state index contributed by atoms with van der Waals surface area (Å²) in [6, 6.07) is 7.27. The van der Waals surface area contributed by atoms with Crippen LogP contribution in [0, 0.1) is 11.5 Å². The van der Waals surface area contributed by atoms with Gasteiger partial charge in [-0.1, -0.05) is 15.9 Å². The number of aliphatic imine (C=N–C) groups is 1. The molecule has 0 saturated heterocycles. The summed E-state index contributed by atoms with van der Waals surface area (Å²) in [6.45, 7) is 0. The minimum absolute atomic E-state index is 0.0878. The number of benzene rings is 1. The minimum Gasteiger partial charge on any atom is -0.369 e. The Morgan fingerprint density at radius 3 is 2.62 bits per heavy atom. The first kappa shape index (κ1) is 9.55. The average molecular weight is 239 g/mol. The molecule has 5 heteroatoms. The van der Waals surface area contributed by atoms with Crippen molar-refractivity contribution in [2.24, 2.45) is 10.7 Å². The Labute approximate surface area is 84.2 Å². The molecule has 1 aromatic rings. The Kier molecular flexibility index (Phi) is 3.29. The van der Waals surface area contributed by atoms with Crippen LogP contribution < -0.4 is 11.1 Å². The molecule has 0 aliphatic heterocycles. The van der Waals surface area contributed by atoms with Crippen LogP contribution in [0.2, 0.25) is 0 Å². The van der Waals surface area contributed by atoms with Crippen LogP contribution in [-0.4, -0.2) is 5.96 Å². The first-order valence-electron chi connectivity index (χ1n) is 3.47. The molecule has 0 aliphatic carbocycles. The topological polar surface area (TPSA) is 74.2 Å². The van der Waals surface area contributed by atoms with Crippen LogP contribution in [0.3, 0.4) is 0 Å². The van der Waals surface area contributed by atoms with Crippen molar-refractivity contribution in [1.82, 2.24) is 5.32 Å². The molecule has 0 spiro atoms. The molecule has 4 nitrogen and oxygen atoms in total. The lowest BCUT2D eigenvalue weighted by Gasteiger charge is -1.96. The number of nitrogens with zero attached hydrogens (tertiary/aromatic N) is 2. The number of nitriles is 1. The molecule has 0 saturated carbocycles. The van der Waals surface area contributed by atoms with E-state index in [0.29, 0.717) is 5.69 Å². The number of hydrogen-bond acceptors (Lipinski definition) is 2. The van der Waals surface area contributed by atoms with E-state index < -0.39 is 0 Å². The highest BCUT2D eigenvalue weighted by atomic mass is 79.9. The zero-order valence-electron chi connectivity index (χ0n) is 6.66. The monoisotopic (exact) mass is 238 g/mol. The Morgan fingerprint density at radius 1 is 1.46 bits per heavy atom. The molecule has 0 aliphatic rings. The molecular formula is C8H7BrN4. The van der Waals surface area contributed by atoms with Gasteiger partial charge in [-0.2, -0.15) is 5.26 Å². The van der Waals surface area contributed by atoms with E-state index in [2.05, 4.69) is 26.2 Å². The predicted octanol–water partition coefficient (Wildman–Crippen LogP) is 1.47. The van der Waals surface area contributed by atoms with Gasteiger partial charge >= 0.3 is 0 Å². The maximum absolute atomic E-state index is 8.23. The molecule has 0 aromatic heterocycles. The third kappa shape index (κ3) is 3.13. The van der Waals surface area contributed by atoms with Crippen LogP contribution in [-0.2, 0) is 0 Å². The molecule has 13 heavy (non-hydrogen) atoms. The van der Waals surface area contributed by atoms with E-state index in [1.807, 2.05) is 12.1 Å². The van der Waals surface area contributed by atoms with Gasteiger partial charge in [0.05, 0.1) is 5.69 Å². The zero-order chi connectivity index (χ0) is 9.68. The molecule has 0 unspecified atom stereocenters. The van der Waals surface area contributed by atoms with Crippen molar-refractivity contribution < 1.29 is 0 Å². The second-order valence-electron chi connectivity index (χ2n) is 2.21. The van der Waals surface area contributed by atoms with Crippen LogP contribution in [0.5, 0.6) is 0 Å². The zero-order valence-corrected chi connectivity index (χ0v) is 8.25. The highest BCUT2D eigenvalue weighted by molar-refractivity contribution is 9.10. The number of guanidine groups is 1. The molecule has 66 valence electrons. The number of nitrogens with two attached hydrogens (primary N) is 1. The molecule has 0 radical (unpaired) electrons. The quantitative estimate of drug-likeness (QED) is 0.337. The summed E-state index contributed by atoms with van der Waals surface area (Å²) in [6.07, 6.45) is 1.68. The van der Waals surface area contributed by atoms with Crippen molar-refractivity contribution in [3.05, 3.63) is 28.7 Å². The van der Waals surface area contributed by atoms with Crippen LogP contribution in [0.4, 0.5) is 5.69 Å². The van der Waals surface area contributed by atoms with Crippen molar-refractivity contribution in [3.8, 4) is 6.19 Å². The van der Waals surface area contributed by atoms with Gasteiger partial charge < -0.3 is 5.73 Å². The van der Waals surface area contributed by atoms with E-state index >= 15 is 0 Å². The maximum atomic E-state index is 8.23. The van der Waals surface area contributed by atoms with E-state index in [0.717, 1.165) is 4.47 Å². The van der Waals surface area contributed by atoms with Gasteiger partial charge in [-0.25, -0.2) is 4.99 Å². The second kappa shape index (κ2) is 4.48. The third-order valence-electron chi connectivity index (χ3n) is 1.26. The van der Waals surface area contributed by atoms with Gasteiger partial charge in [0.2, 0.25) is 5.96 Å². The summed E-state index contributed by atoms with van der Waals surface area (Å²) >= 11 is 3.29. The van der Waals surface area contributed by atoms with Gasteiger partial charge in [-0.05, 0) is 24.3 Å². The molecule has 0 atom stereocenters. The normalized spacial score (nSPS) is 10.6. The first-order chi connectivity index (χ1) is 6.22. The van der Waals surface area contributed by atoms with Crippen molar-refractivity contribution in [1.29, 1.82) is 5.26 Å². The Bertz CT molecular complexity index is 349. The van der Waals surface area contributed by atoms with E-state index in [-0.39, 0.29) is 5.96 Å². The van der Waals surface area contributed by atoms with Gasteiger partial charge in [-0.15, -0.1) is 0 Å². The fourth-order valence-electron chi connectivity index (χ4n) is 0.740. The molecule has 0 heterocycles. The fourth-order valence-corrected chi connectivity index (χ4v) is 1.00. The molecule has 1 rings (SSSR count). The van der Waals surface area contributed by atoms with Gasteiger partial charge in [-0.3, -0.25) is 5.32 Å². The van der Waals surface area contributed by atoms with Gasteiger partial charge in [0.25, 0.3) is 0 Å². The van der Waals surface area contributed by atoms with Gasteiger partial charge in [0, 0.05) is 4.47 Å². The summed E-state index contributed by atoms with van der Waals surface area (Å²) in [5, 5.41) is 10.5. The summed E-state index contributed by atoms with van der Waals surface area (Å²) < 4.78 is 0.971. The van der Waals surface area contributed by atoms with Crippen molar-refractivity contribution in [2.75, 3.05) is 0 Å². The Morgan fingerprint density at radius 2 is 2.08 bits per heavy atom. The lowest BCUT2D eigenvalue weighted by Crippen LogP contribution is -2.26. The van der Waals surface area contributed by atoms with Crippen molar-refractivity contribution in [2.45, 2.75) is 0 Å². The van der Waals surface area contributed by atoms with E-state index in [1.54, 1.807) is 18.3 Å². The van der Waals surface area contributed by atoms with E-state index in [4.69, 9.17) is 11.0 Å². The largest absolute Gasteiger partial charge is 0.369 e. The minimum atomic E-state index is 0.0878. The highest BCUT2D eigenvalue weighted by Gasteiger charge is 1.91. The second-order valence-corrected chi connectivity index (χ2v) is 3.13. The van der Waals surface area contributed by atoms with E-state index in [9.17, 15) is 0 Å². The van der Waals surface area contributed by atoms with Crippen molar-refractivity contribution in [3.63, 3.8) is 0 Å². The van der Waals surface area contributed by atoms with E-state index in [1.165, 1.54) is 0 Å². The maximum Gasteiger partial charge on any atom is 0.207 e. The molecular weight excluding hydrogens is 232 g/mol. The van der Waals surface area contributed by atoms with Crippen LogP contribution in [0.1, 0.15) is 0 Å². The highest BCUT2D eigenvalue weighted by Crippen LogP contribution is 2.16. The predicted molar refractivity (Wildman–Crippen MR) is 54.2 cm³/mol. The molecule has 3 N–H and O–H groups in total. The molecule has 1 aromatic carbocycles. The lowest BCUT2D eigenvalue weighted by atomic mass is 10.3. The molecule has 0 amide bonds. The first-order valence-corrected chi connectivity index (χ1v) is 4.26. The van der Waals surface area contributed by atoms with Gasteiger partial charge in [0.15, 0.2) is 6.19 Å². The number of hydrogen-bond donors (Lipinski definition) is 2. The van der Waals surface area contributed by atoms with Crippen LogP contribution in [0.25, 0.3) is 0 Å². The Hall–Kier alpha value is -1.54. The number of halogens is 1. The average Bonchev–Trinajstić information content (AvgIpc) is 2.09. The fraction of sp³-hybridized carbons (Fsp3) is 0. The van der Waals surface area contributed by atoms with Crippen LogP contribution in [0.15, 0.2) is 33.7 Å². The summed E-state index contributed by atoms with van der Waals surface area (Å²) in [5.41, 5.74) is 6.06. The molecule has 0 fully saturated rings. The standard InChI is InChI=1S/C8H7BrN4/c9-6-1-3-7(4-2-6)13-8(11)12-5-10/h1-4H,(H3,11,12,13). The Balaban J connectivity index is 2.80. The smallest absolute Gasteiger partial charge is 0.207 e. The number of rotatable bonds is 1. The summed E-state index contributed by atoms with van der Waals surface area (Å²) in [5.74, 6) is 0.0878. The third-order valence-corrected chi connectivity index (χ3v) is 1.79. The summed E-state index contributed by atoms with van der Waals surface area (Å²) in [4.78, 5) is 3.93. The SMILES string of the molecule is N#CNC(N)=Nc1ccc(Br)cc1.